The van der Waals surface area contributed by atoms with Crippen LogP contribution in [-0.2, 0) is 23.2 Å². The number of aromatic nitrogens is 1. The van der Waals surface area contributed by atoms with Crippen LogP contribution >= 0.6 is 0 Å². The first-order valence-electron chi connectivity index (χ1n) is 14.6. The van der Waals surface area contributed by atoms with Crippen molar-refractivity contribution in [3.05, 3.63) is 35.5 Å². The molecule has 206 valence electrons. The Morgan fingerprint density at radius 1 is 0.946 bits per heavy atom. The van der Waals surface area contributed by atoms with Crippen molar-refractivity contribution in [2.45, 2.75) is 90.3 Å². The van der Waals surface area contributed by atoms with Crippen molar-refractivity contribution in [3.63, 3.8) is 0 Å². The highest BCUT2D eigenvalue weighted by Gasteiger charge is 2.32. The van der Waals surface area contributed by atoms with Gasteiger partial charge in [0, 0.05) is 61.3 Å². The van der Waals surface area contributed by atoms with E-state index in [0.717, 1.165) is 63.4 Å². The zero-order valence-corrected chi connectivity index (χ0v) is 23.7. The number of hydrogen-bond donors (Lipinski definition) is 2. The minimum Gasteiger partial charge on any atom is -0.341 e. The van der Waals surface area contributed by atoms with Crippen molar-refractivity contribution in [2.24, 2.45) is 17.0 Å². The van der Waals surface area contributed by atoms with Gasteiger partial charge in [-0.15, -0.1) is 0 Å². The Morgan fingerprint density at radius 2 is 1.62 bits per heavy atom. The quantitative estimate of drug-likeness (QED) is 0.504. The minimum atomic E-state index is -3.70. The fraction of sp³-hybridized carbons (Fsp3) is 0.724. The molecule has 0 spiro atoms. The second-order valence-electron chi connectivity index (χ2n) is 12.1. The molecular formula is C29H47N5O2S. The molecule has 0 bridgehead atoms. The summed E-state index contributed by atoms with van der Waals surface area (Å²) < 4.78 is 28.4. The minimum absolute atomic E-state index is 0.333. The van der Waals surface area contributed by atoms with Gasteiger partial charge < -0.3 is 9.47 Å². The maximum atomic E-state index is 11.6. The van der Waals surface area contributed by atoms with Crippen LogP contribution in [0.25, 0.3) is 10.9 Å². The summed E-state index contributed by atoms with van der Waals surface area (Å²) in [6.07, 6.45) is 11.0. The van der Waals surface area contributed by atoms with Gasteiger partial charge in [0.05, 0.1) is 0 Å². The van der Waals surface area contributed by atoms with Crippen LogP contribution in [0.15, 0.2) is 24.3 Å². The first-order chi connectivity index (χ1) is 17.8. The number of piperidine rings is 1. The van der Waals surface area contributed by atoms with Crippen LogP contribution < -0.4 is 9.86 Å². The Hall–Kier alpha value is -1.45. The van der Waals surface area contributed by atoms with Gasteiger partial charge in [-0.25, -0.2) is 9.86 Å². The van der Waals surface area contributed by atoms with Crippen molar-refractivity contribution >= 4 is 21.1 Å². The summed E-state index contributed by atoms with van der Waals surface area (Å²) in [7, 11) is -3.70. The van der Waals surface area contributed by atoms with Crippen molar-refractivity contribution < 1.29 is 8.42 Å². The predicted molar refractivity (Wildman–Crippen MR) is 152 cm³/mol. The van der Waals surface area contributed by atoms with E-state index in [1.165, 1.54) is 60.7 Å². The molecule has 2 aliphatic heterocycles. The molecular weight excluding hydrogens is 482 g/mol. The molecule has 0 radical (unpaired) electrons. The van der Waals surface area contributed by atoms with Crippen LogP contribution in [0.2, 0.25) is 0 Å². The summed E-state index contributed by atoms with van der Waals surface area (Å²) in [6, 6.07) is 10.0. The number of nitrogens with zero attached hydrogens (tertiary/aromatic N) is 3. The molecule has 3 fully saturated rings. The molecule has 2 saturated heterocycles. The first-order valence-corrected chi connectivity index (χ1v) is 16.2. The van der Waals surface area contributed by atoms with Gasteiger partial charge in [0.25, 0.3) is 10.2 Å². The van der Waals surface area contributed by atoms with E-state index in [1.807, 2.05) is 0 Å². The van der Waals surface area contributed by atoms with Crippen LogP contribution in [0.3, 0.4) is 0 Å². The third-order valence-corrected chi connectivity index (χ3v) is 10.0. The number of rotatable bonds is 9. The zero-order chi connectivity index (χ0) is 26.0. The normalized spacial score (nSPS) is 25.0. The van der Waals surface area contributed by atoms with Gasteiger partial charge in [-0.05, 0) is 87.9 Å². The molecule has 8 heteroatoms. The lowest BCUT2D eigenvalue weighted by Gasteiger charge is -2.42. The third kappa shape index (κ3) is 6.41. The number of nitrogens with one attached hydrogen (secondary N) is 1. The monoisotopic (exact) mass is 529 g/mol. The molecule has 1 aromatic heterocycles. The van der Waals surface area contributed by atoms with Gasteiger partial charge in [-0.1, -0.05) is 32.0 Å². The summed E-state index contributed by atoms with van der Waals surface area (Å²) in [5.41, 5.74) is 3.97. The predicted octanol–water partition coefficient (Wildman–Crippen LogP) is 4.42. The van der Waals surface area contributed by atoms with Crippen molar-refractivity contribution in [1.29, 1.82) is 0 Å². The highest BCUT2D eigenvalue weighted by Crippen LogP contribution is 2.38. The van der Waals surface area contributed by atoms with E-state index >= 15 is 0 Å². The Bertz CT molecular complexity index is 1140. The molecule has 37 heavy (non-hydrogen) atoms. The summed E-state index contributed by atoms with van der Waals surface area (Å²) in [6.45, 7) is 10.6. The molecule has 5 rings (SSSR count). The number of nitrogens with two attached hydrogens (primary N) is 1. The highest BCUT2D eigenvalue weighted by molar-refractivity contribution is 7.87. The van der Waals surface area contributed by atoms with E-state index in [0.29, 0.717) is 19.0 Å². The number of fused-ring (bicyclic) bond motifs is 1. The molecule has 3 aliphatic rings. The second-order valence-corrected chi connectivity index (χ2v) is 13.4. The molecule has 3 heterocycles. The first kappa shape index (κ1) is 27.1. The number of likely N-dealkylation sites (tertiary alicyclic amines) is 2. The van der Waals surface area contributed by atoms with Crippen LogP contribution in [0, 0.1) is 11.8 Å². The Kier molecular flexibility index (Phi) is 8.61. The van der Waals surface area contributed by atoms with Gasteiger partial charge in [-0.2, -0.15) is 8.42 Å². The number of hydrogen-bond acceptors (Lipinski definition) is 4. The van der Waals surface area contributed by atoms with Gasteiger partial charge >= 0.3 is 0 Å². The molecule has 0 atom stereocenters. The van der Waals surface area contributed by atoms with Crippen LogP contribution in [0.5, 0.6) is 0 Å². The molecule has 3 N–H and O–H groups in total. The molecule has 0 unspecified atom stereocenters. The topological polar surface area (TPSA) is 83.6 Å². The van der Waals surface area contributed by atoms with Gasteiger partial charge in [0.2, 0.25) is 0 Å². The lowest BCUT2D eigenvalue weighted by atomic mass is 9.79. The fourth-order valence-corrected chi connectivity index (χ4v) is 7.76. The van der Waals surface area contributed by atoms with E-state index in [1.54, 1.807) is 0 Å². The molecule has 1 aliphatic carbocycles. The molecule has 1 aromatic carbocycles. The average molecular weight is 530 g/mol. The van der Waals surface area contributed by atoms with Crippen LogP contribution in [0.4, 0.5) is 0 Å². The summed E-state index contributed by atoms with van der Waals surface area (Å²) in [5, 5.41) is 6.61. The Morgan fingerprint density at radius 3 is 2.27 bits per heavy atom. The lowest BCUT2D eigenvalue weighted by Crippen LogP contribution is -2.44. The van der Waals surface area contributed by atoms with E-state index < -0.39 is 10.2 Å². The lowest BCUT2D eigenvalue weighted by molar-refractivity contribution is 0.0889. The van der Waals surface area contributed by atoms with Crippen LogP contribution in [0.1, 0.15) is 82.5 Å². The van der Waals surface area contributed by atoms with E-state index in [9.17, 15) is 8.42 Å². The smallest absolute Gasteiger partial charge is 0.274 e. The second kappa shape index (κ2) is 11.7. The standard InChI is InChI=1S/C29H47N5O2S/c1-22(2)23-9-11-24(12-10-23)33-19-14-25(15-20-33)34-28-8-4-3-7-26(28)27(21-32-17-5-6-18-32)29(34)13-16-31-37(30,35)36/h3-4,7-8,22-25,31H,5-6,9-21H2,1-2H3,(H2,30,35,36). The summed E-state index contributed by atoms with van der Waals surface area (Å²) in [5.74, 6) is 1.72. The largest absolute Gasteiger partial charge is 0.341 e. The molecule has 7 nitrogen and oxygen atoms in total. The van der Waals surface area contributed by atoms with Crippen molar-refractivity contribution in [1.82, 2.24) is 19.1 Å². The van der Waals surface area contributed by atoms with E-state index in [-0.39, 0.29) is 0 Å². The van der Waals surface area contributed by atoms with Crippen molar-refractivity contribution in [3.8, 4) is 0 Å². The Labute approximate surface area is 223 Å². The average Bonchev–Trinajstić information content (AvgIpc) is 3.50. The zero-order valence-electron chi connectivity index (χ0n) is 22.9. The molecule has 1 saturated carbocycles. The fourth-order valence-electron chi connectivity index (χ4n) is 7.37. The number of para-hydroxylation sites is 1. The molecule has 0 amide bonds. The maximum absolute atomic E-state index is 11.6. The summed E-state index contributed by atoms with van der Waals surface area (Å²) in [4.78, 5) is 5.32. The van der Waals surface area contributed by atoms with Crippen LogP contribution in [-0.4, -0.2) is 61.6 Å². The molecule has 2 aromatic rings. The summed E-state index contributed by atoms with van der Waals surface area (Å²) >= 11 is 0. The van der Waals surface area contributed by atoms with Gasteiger partial charge in [0.15, 0.2) is 0 Å². The third-order valence-electron chi connectivity index (χ3n) is 9.44. The van der Waals surface area contributed by atoms with Gasteiger partial charge in [0.1, 0.15) is 0 Å². The van der Waals surface area contributed by atoms with Crippen molar-refractivity contribution in [2.75, 3.05) is 32.7 Å². The number of benzene rings is 1. The Balaban J connectivity index is 1.37. The maximum Gasteiger partial charge on any atom is 0.274 e. The van der Waals surface area contributed by atoms with Gasteiger partial charge in [-0.3, -0.25) is 4.90 Å². The highest BCUT2D eigenvalue weighted by atomic mass is 32.2. The van der Waals surface area contributed by atoms with E-state index in [4.69, 9.17) is 5.14 Å². The van der Waals surface area contributed by atoms with E-state index in [2.05, 4.69) is 57.2 Å². The SMILES string of the molecule is CC(C)C1CCC(N2CCC(n3c(CCNS(N)(=O)=O)c(CN4CCCC4)c4ccccc43)CC2)CC1.